The summed E-state index contributed by atoms with van der Waals surface area (Å²) in [6.45, 7) is 3.70. The molecule has 3 nitrogen and oxygen atoms in total. The molecule has 0 unspecified atom stereocenters. The molecule has 21 heavy (non-hydrogen) atoms. The van der Waals surface area contributed by atoms with Gasteiger partial charge in [0.25, 0.3) is 0 Å². The van der Waals surface area contributed by atoms with Gasteiger partial charge in [-0.3, -0.25) is 0 Å². The molecule has 0 radical (unpaired) electrons. The van der Waals surface area contributed by atoms with Crippen molar-refractivity contribution in [2.75, 3.05) is 0 Å². The number of benzene rings is 1. The lowest BCUT2D eigenvalue weighted by Crippen LogP contribution is -2.05. The lowest BCUT2D eigenvalue weighted by molar-refractivity contribution is -0.137. The Labute approximate surface area is 123 Å². The Balaban J connectivity index is 2.58. The smallest absolute Gasteiger partial charge is 0.416 e. The van der Waals surface area contributed by atoms with Gasteiger partial charge in [-0.25, -0.2) is 9.78 Å². The SMILES string of the molecule is CC(C)c1nc(C(=O)O)c(-c2cccc(C(F)(F)F)c2)s1. The van der Waals surface area contributed by atoms with Crippen LogP contribution in [0.25, 0.3) is 10.4 Å². The van der Waals surface area contributed by atoms with Gasteiger partial charge in [0.05, 0.1) is 15.4 Å². The number of nitrogens with zero attached hydrogens (tertiary/aromatic N) is 1. The largest absolute Gasteiger partial charge is 0.476 e. The Bertz CT molecular complexity index is 677. The van der Waals surface area contributed by atoms with Gasteiger partial charge in [0.2, 0.25) is 0 Å². The summed E-state index contributed by atoms with van der Waals surface area (Å²) >= 11 is 1.11. The lowest BCUT2D eigenvalue weighted by atomic mass is 10.1. The average molecular weight is 315 g/mol. The van der Waals surface area contributed by atoms with Gasteiger partial charge in [-0.1, -0.05) is 26.0 Å². The summed E-state index contributed by atoms with van der Waals surface area (Å²) in [6.07, 6.45) is -4.47. The number of aromatic nitrogens is 1. The van der Waals surface area contributed by atoms with E-state index in [0.29, 0.717) is 5.01 Å². The second-order valence-electron chi connectivity index (χ2n) is 4.77. The van der Waals surface area contributed by atoms with Gasteiger partial charge in [-0.2, -0.15) is 13.2 Å². The molecule has 0 saturated heterocycles. The summed E-state index contributed by atoms with van der Waals surface area (Å²) in [5, 5.41) is 9.76. The minimum absolute atomic E-state index is 0.00708. The highest BCUT2D eigenvalue weighted by Crippen LogP contribution is 2.37. The van der Waals surface area contributed by atoms with Crippen molar-refractivity contribution < 1.29 is 23.1 Å². The van der Waals surface area contributed by atoms with Crippen LogP contribution in [0.2, 0.25) is 0 Å². The predicted octanol–water partition coefficient (Wildman–Crippen LogP) is 4.65. The second-order valence-corrected chi connectivity index (χ2v) is 5.80. The van der Waals surface area contributed by atoms with Crippen molar-refractivity contribution in [1.29, 1.82) is 0 Å². The van der Waals surface area contributed by atoms with Crippen molar-refractivity contribution in [2.45, 2.75) is 25.9 Å². The van der Waals surface area contributed by atoms with Gasteiger partial charge in [0.1, 0.15) is 0 Å². The topological polar surface area (TPSA) is 50.2 Å². The molecule has 0 aliphatic rings. The molecule has 0 aliphatic carbocycles. The molecule has 1 heterocycles. The van der Waals surface area contributed by atoms with E-state index in [4.69, 9.17) is 0 Å². The van der Waals surface area contributed by atoms with Gasteiger partial charge in [0.15, 0.2) is 5.69 Å². The summed E-state index contributed by atoms with van der Waals surface area (Å²) in [6, 6.07) is 4.62. The molecule has 2 aromatic rings. The second kappa shape index (κ2) is 5.48. The van der Waals surface area contributed by atoms with Gasteiger partial charge < -0.3 is 5.11 Å². The molecule has 0 fully saturated rings. The molecule has 0 aliphatic heterocycles. The number of hydrogen-bond acceptors (Lipinski definition) is 3. The van der Waals surface area contributed by atoms with E-state index in [0.717, 1.165) is 23.5 Å². The van der Waals surface area contributed by atoms with Crippen LogP contribution in [0.15, 0.2) is 24.3 Å². The highest BCUT2D eigenvalue weighted by atomic mass is 32.1. The van der Waals surface area contributed by atoms with Crippen molar-refractivity contribution in [3.05, 3.63) is 40.5 Å². The fourth-order valence-electron chi connectivity index (χ4n) is 1.76. The van der Waals surface area contributed by atoms with Crippen molar-refractivity contribution in [3.63, 3.8) is 0 Å². The maximum absolute atomic E-state index is 12.7. The monoisotopic (exact) mass is 315 g/mol. The van der Waals surface area contributed by atoms with E-state index in [1.807, 2.05) is 13.8 Å². The number of thiazole rings is 1. The molecule has 0 saturated carbocycles. The zero-order chi connectivity index (χ0) is 15.8. The van der Waals surface area contributed by atoms with Crippen LogP contribution in [0.4, 0.5) is 13.2 Å². The van der Waals surface area contributed by atoms with Crippen molar-refractivity contribution in [2.24, 2.45) is 0 Å². The number of aromatic carboxylic acids is 1. The lowest BCUT2D eigenvalue weighted by Gasteiger charge is -2.08. The van der Waals surface area contributed by atoms with Crippen LogP contribution >= 0.6 is 11.3 Å². The van der Waals surface area contributed by atoms with E-state index in [1.165, 1.54) is 12.1 Å². The minimum atomic E-state index is -4.47. The number of rotatable bonds is 3. The Morgan fingerprint density at radius 2 is 2.00 bits per heavy atom. The minimum Gasteiger partial charge on any atom is -0.476 e. The fourth-order valence-corrected chi connectivity index (χ4v) is 2.82. The number of alkyl halides is 3. The summed E-state index contributed by atoms with van der Waals surface area (Å²) in [5.41, 5.74) is -0.800. The van der Waals surface area contributed by atoms with Crippen LogP contribution in [0, 0.1) is 0 Å². The third-order valence-electron chi connectivity index (χ3n) is 2.79. The standard InChI is InChI=1S/C14H12F3NO2S/c1-7(2)12-18-10(13(19)20)11(21-12)8-4-3-5-9(6-8)14(15,16)17/h3-7H,1-2H3,(H,19,20). The van der Waals surface area contributed by atoms with Crippen molar-refractivity contribution in [1.82, 2.24) is 4.98 Å². The summed E-state index contributed by atoms with van der Waals surface area (Å²) in [5.74, 6) is -1.24. The quantitative estimate of drug-likeness (QED) is 0.897. The molecule has 0 amide bonds. The van der Waals surface area contributed by atoms with Crippen LogP contribution in [0.1, 0.15) is 40.8 Å². The molecule has 0 bridgehead atoms. The molecule has 7 heteroatoms. The summed E-state index contributed by atoms with van der Waals surface area (Å²) < 4.78 is 38.2. The van der Waals surface area contributed by atoms with Gasteiger partial charge in [-0.15, -0.1) is 11.3 Å². The number of carbonyl (C=O) groups is 1. The summed E-state index contributed by atoms with van der Waals surface area (Å²) in [4.78, 5) is 15.5. The molecule has 1 aromatic heterocycles. The Kier molecular flexibility index (Phi) is 4.04. The fraction of sp³-hybridized carbons (Fsp3) is 0.286. The molecular formula is C14H12F3NO2S. The molecule has 1 aromatic carbocycles. The van der Waals surface area contributed by atoms with Gasteiger partial charge in [0, 0.05) is 5.92 Å². The first-order valence-corrected chi connectivity index (χ1v) is 6.93. The summed E-state index contributed by atoms with van der Waals surface area (Å²) in [7, 11) is 0. The Hall–Kier alpha value is -1.89. The zero-order valence-corrected chi connectivity index (χ0v) is 12.0. The molecule has 0 atom stereocenters. The molecule has 2 rings (SSSR count). The number of carboxylic acids is 1. The van der Waals surface area contributed by atoms with Crippen LogP contribution < -0.4 is 0 Å². The first-order valence-electron chi connectivity index (χ1n) is 6.11. The van der Waals surface area contributed by atoms with Crippen molar-refractivity contribution >= 4 is 17.3 Å². The third-order valence-corrected chi connectivity index (χ3v) is 4.20. The third kappa shape index (κ3) is 3.24. The van der Waals surface area contributed by atoms with Crippen LogP contribution in [0.5, 0.6) is 0 Å². The highest BCUT2D eigenvalue weighted by molar-refractivity contribution is 7.15. The number of carboxylic acid groups (broad SMARTS) is 1. The molecule has 1 N–H and O–H groups in total. The van der Waals surface area contributed by atoms with Gasteiger partial charge in [-0.05, 0) is 17.7 Å². The maximum atomic E-state index is 12.7. The predicted molar refractivity (Wildman–Crippen MR) is 73.6 cm³/mol. The zero-order valence-electron chi connectivity index (χ0n) is 11.2. The van der Waals surface area contributed by atoms with Crippen LogP contribution in [0.3, 0.4) is 0 Å². The molecule has 0 spiro atoms. The average Bonchev–Trinajstić information content (AvgIpc) is 2.83. The van der Waals surface area contributed by atoms with E-state index in [-0.39, 0.29) is 22.1 Å². The first kappa shape index (κ1) is 15.5. The van der Waals surface area contributed by atoms with Gasteiger partial charge >= 0.3 is 12.1 Å². The van der Waals surface area contributed by atoms with Crippen molar-refractivity contribution in [3.8, 4) is 10.4 Å². The van der Waals surface area contributed by atoms with E-state index in [1.54, 1.807) is 0 Å². The Morgan fingerprint density at radius 1 is 1.33 bits per heavy atom. The van der Waals surface area contributed by atoms with Crippen LogP contribution in [-0.2, 0) is 6.18 Å². The highest BCUT2D eigenvalue weighted by Gasteiger charge is 2.31. The maximum Gasteiger partial charge on any atom is 0.416 e. The Morgan fingerprint density at radius 3 is 2.52 bits per heavy atom. The van der Waals surface area contributed by atoms with E-state index >= 15 is 0 Å². The number of halogens is 3. The van der Waals surface area contributed by atoms with E-state index < -0.39 is 17.7 Å². The normalized spacial score (nSPS) is 11.9. The first-order chi connectivity index (χ1) is 9.70. The number of hydrogen-bond donors (Lipinski definition) is 1. The molecular weight excluding hydrogens is 303 g/mol. The van der Waals surface area contributed by atoms with Crippen LogP contribution in [-0.4, -0.2) is 16.1 Å². The molecule has 112 valence electrons. The van der Waals surface area contributed by atoms with E-state index in [2.05, 4.69) is 4.98 Å². The van der Waals surface area contributed by atoms with E-state index in [9.17, 15) is 23.1 Å².